The van der Waals surface area contributed by atoms with Gasteiger partial charge in [0.05, 0.1) is 18.2 Å². The van der Waals surface area contributed by atoms with E-state index in [0.29, 0.717) is 12.6 Å². The number of carbonyl (C=O) groups is 1. The van der Waals surface area contributed by atoms with Crippen molar-refractivity contribution in [3.8, 4) is 0 Å². The molecule has 0 radical (unpaired) electrons. The Hall–Kier alpha value is -2.34. The number of hydrogen-bond acceptors (Lipinski definition) is 3. The second-order valence-electron chi connectivity index (χ2n) is 6.97. The summed E-state index contributed by atoms with van der Waals surface area (Å²) in [6.07, 6.45) is 7.47. The minimum absolute atomic E-state index is 0.114. The van der Waals surface area contributed by atoms with Crippen molar-refractivity contribution in [1.82, 2.24) is 20.2 Å². The molecule has 6 heteroatoms. The van der Waals surface area contributed by atoms with Crippen LogP contribution in [0.2, 0.25) is 0 Å². The summed E-state index contributed by atoms with van der Waals surface area (Å²) in [6.45, 7) is 3.30. The van der Waals surface area contributed by atoms with Crippen LogP contribution in [0.25, 0.3) is 0 Å². The van der Waals surface area contributed by atoms with E-state index in [-0.39, 0.29) is 18.2 Å². The zero-order valence-electron chi connectivity index (χ0n) is 14.4. The van der Waals surface area contributed by atoms with Crippen LogP contribution in [-0.2, 0) is 17.8 Å². The highest BCUT2D eigenvalue weighted by Crippen LogP contribution is 2.34. The molecular formula is C19H24N4O2. The molecule has 0 saturated carbocycles. The molecule has 2 fully saturated rings. The molecule has 3 heterocycles. The molecule has 6 nitrogen and oxygen atoms in total. The highest BCUT2D eigenvalue weighted by molar-refractivity contribution is 5.74. The SMILES string of the molecule is Cc1nccn1Cc1cccc(CNC(=O)N[C@@H]2C[C@H]3CC[C@H]2O3)c1. The molecular weight excluding hydrogens is 316 g/mol. The van der Waals surface area contributed by atoms with Gasteiger partial charge in [0, 0.05) is 25.5 Å². The van der Waals surface area contributed by atoms with Gasteiger partial charge in [0.25, 0.3) is 0 Å². The van der Waals surface area contributed by atoms with Crippen LogP contribution >= 0.6 is 0 Å². The number of hydrogen-bond donors (Lipinski definition) is 2. The monoisotopic (exact) mass is 340 g/mol. The number of imidazole rings is 1. The van der Waals surface area contributed by atoms with Gasteiger partial charge in [-0.15, -0.1) is 0 Å². The number of nitrogens with zero attached hydrogens (tertiary/aromatic N) is 2. The number of aromatic nitrogens is 2. The van der Waals surface area contributed by atoms with E-state index in [2.05, 4.69) is 32.3 Å². The third-order valence-electron chi connectivity index (χ3n) is 5.14. The van der Waals surface area contributed by atoms with Gasteiger partial charge in [-0.25, -0.2) is 9.78 Å². The Morgan fingerprint density at radius 2 is 2.24 bits per heavy atom. The third kappa shape index (κ3) is 3.69. The van der Waals surface area contributed by atoms with Crippen molar-refractivity contribution in [2.24, 2.45) is 0 Å². The molecule has 0 unspecified atom stereocenters. The van der Waals surface area contributed by atoms with Gasteiger partial charge in [0.15, 0.2) is 0 Å². The minimum Gasteiger partial charge on any atom is -0.373 e. The Bertz CT molecular complexity index is 757. The van der Waals surface area contributed by atoms with Crippen molar-refractivity contribution in [2.75, 3.05) is 0 Å². The van der Waals surface area contributed by atoms with Gasteiger partial charge in [0.1, 0.15) is 5.82 Å². The number of urea groups is 1. The average Bonchev–Trinajstić information content (AvgIpc) is 3.32. The third-order valence-corrected chi connectivity index (χ3v) is 5.14. The van der Waals surface area contributed by atoms with Crippen molar-refractivity contribution < 1.29 is 9.53 Å². The number of ether oxygens (including phenoxy) is 1. The molecule has 2 aliphatic rings. The largest absolute Gasteiger partial charge is 0.373 e. The first-order valence-corrected chi connectivity index (χ1v) is 8.93. The van der Waals surface area contributed by atoms with Crippen molar-refractivity contribution in [1.29, 1.82) is 0 Å². The molecule has 2 saturated heterocycles. The maximum atomic E-state index is 12.1. The molecule has 2 bridgehead atoms. The summed E-state index contributed by atoms with van der Waals surface area (Å²) in [5, 5.41) is 6.01. The van der Waals surface area contributed by atoms with Crippen molar-refractivity contribution >= 4 is 6.03 Å². The van der Waals surface area contributed by atoms with Crippen LogP contribution in [0.15, 0.2) is 36.7 Å². The molecule has 132 valence electrons. The highest BCUT2D eigenvalue weighted by Gasteiger charge is 2.41. The fraction of sp³-hybridized carbons (Fsp3) is 0.474. The summed E-state index contributed by atoms with van der Waals surface area (Å²) < 4.78 is 7.88. The summed E-state index contributed by atoms with van der Waals surface area (Å²) in [4.78, 5) is 16.4. The highest BCUT2D eigenvalue weighted by atomic mass is 16.5. The Kier molecular flexibility index (Phi) is 4.44. The molecule has 2 amide bonds. The van der Waals surface area contributed by atoms with Crippen LogP contribution in [0.1, 0.15) is 36.2 Å². The molecule has 1 aromatic carbocycles. The van der Waals surface area contributed by atoms with E-state index in [0.717, 1.165) is 37.2 Å². The van der Waals surface area contributed by atoms with Gasteiger partial charge < -0.3 is 19.9 Å². The number of rotatable bonds is 5. The van der Waals surface area contributed by atoms with Gasteiger partial charge in [-0.1, -0.05) is 24.3 Å². The van der Waals surface area contributed by atoms with Crippen molar-refractivity contribution in [2.45, 2.75) is 57.5 Å². The summed E-state index contributed by atoms with van der Waals surface area (Å²) in [5.41, 5.74) is 2.29. The fourth-order valence-corrected chi connectivity index (χ4v) is 3.80. The lowest BCUT2D eigenvalue weighted by molar-refractivity contribution is 0.0981. The number of fused-ring (bicyclic) bond motifs is 2. The standard InChI is InChI=1S/C19H24N4O2/c1-13-20-7-8-23(13)12-15-4-2-3-14(9-15)11-21-19(24)22-17-10-16-5-6-18(17)25-16/h2-4,7-9,16-18H,5-6,10-12H2,1H3,(H2,21,22,24)/t16-,17-,18-/m1/s1. The quantitative estimate of drug-likeness (QED) is 0.878. The van der Waals surface area contributed by atoms with Crippen molar-refractivity contribution in [3.05, 3.63) is 53.6 Å². The van der Waals surface area contributed by atoms with Crippen LogP contribution in [0, 0.1) is 6.92 Å². The number of nitrogens with one attached hydrogen (secondary N) is 2. The minimum atomic E-state index is -0.114. The van der Waals surface area contributed by atoms with E-state index < -0.39 is 0 Å². The molecule has 25 heavy (non-hydrogen) atoms. The van der Waals surface area contributed by atoms with Crippen LogP contribution in [0.5, 0.6) is 0 Å². The predicted octanol–water partition coefficient (Wildman–Crippen LogP) is 2.36. The zero-order chi connectivity index (χ0) is 17.2. The molecule has 0 aliphatic carbocycles. The number of benzene rings is 1. The van der Waals surface area contributed by atoms with E-state index in [1.807, 2.05) is 31.5 Å². The lowest BCUT2D eigenvalue weighted by atomic mass is 9.96. The first kappa shape index (κ1) is 16.1. The van der Waals surface area contributed by atoms with Gasteiger partial charge in [0.2, 0.25) is 0 Å². The Balaban J connectivity index is 1.30. The van der Waals surface area contributed by atoms with E-state index in [1.54, 1.807) is 0 Å². The molecule has 0 spiro atoms. The summed E-state index contributed by atoms with van der Waals surface area (Å²) >= 11 is 0. The summed E-state index contributed by atoms with van der Waals surface area (Å²) in [7, 11) is 0. The number of amides is 2. The van der Waals surface area contributed by atoms with E-state index in [1.165, 1.54) is 5.56 Å². The normalized spacial score (nSPS) is 24.4. The van der Waals surface area contributed by atoms with E-state index in [9.17, 15) is 4.79 Å². The maximum absolute atomic E-state index is 12.1. The summed E-state index contributed by atoms with van der Waals surface area (Å²) in [6, 6.07) is 8.33. The molecule has 1 aromatic heterocycles. The van der Waals surface area contributed by atoms with Crippen LogP contribution in [0.3, 0.4) is 0 Å². The zero-order valence-corrected chi connectivity index (χ0v) is 14.4. The summed E-state index contributed by atoms with van der Waals surface area (Å²) in [5.74, 6) is 0.996. The number of aryl methyl sites for hydroxylation is 1. The first-order chi connectivity index (χ1) is 12.2. The van der Waals surface area contributed by atoms with Gasteiger partial charge >= 0.3 is 6.03 Å². The average molecular weight is 340 g/mol. The van der Waals surface area contributed by atoms with E-state index in [4.69, 9.17) is 4.74 Å². The second-order valence-corrected chi connectivity index (χ2v) is 6.97. The molecule has 4 rings (SSSR count). The van der Waals surface area contributed by atoms with Gasteiger partial charge in [-0.05, 0) is 37.3 Å². The maximum Gasteiger partial charge on any atom is 0.315 e. The smallest absolute Gasteiger partial charge is 0.315 e. The van der Waals surface area contributed by atoms with E-state index >= 15 is 0 Å². The number of carbonyl (C=O) groups excluding carboxylic acids is 1. The molecule has 2 N–H and O–H groups in total. The molecule has 2 aliphatic heterocycles. The Morgan fingerprint density at radius 3 is 2.96 bits per heavy atom. The lowest BCUT2D eigenvalue weighted by Gasteiger charge is -2.20. The Morgan fingerprint density at radius 1 is 1.36 bits per heavy atom. The molecule has 3 atom stereocenters. The van der Waals surface area contributed by atoms with Crippen LogP contribution in [-0.4, -0.2) is 33.8 Å². The van der Waals surface area contributed by atoms with Crippen LogP contribution in [0.4, 0.5) is 4.79 Å². The van der Waals surface area contributed by atoms with Crippen LogP contribution < -0.4 is 10.6 Å². The Labute approximate surface area is 147 Å². The predicted molar refractivity (Wildman–Crippen MR) is 94.2 cm³/mol. The topological polar surface area (TPSA) is 68.2 Å². The van der Waals surface area contributed by atoms with Gasteiger partial charge in [-0.2, -0.15) is 0 Å². The molecule has 2 aromatic rings. The lowest BCUT2D eigenvalue weighted by Crippen LogP contribution is -2.46. The van der Waals surface area contributed by atoms with Crippen molar-refractivity contribution in [3.63, 3.8) is 0 Å². The fourth-order valence-electron chi connectivity index (χ4n) is 3.80. The second kappa shape index (κ2) is 6.88. The van der Waals surface area contributed by atoms with Gasteiger partial charge in [-0.3, -0.25) is 0 Å². The first-order valence-electron chi connectivity index (χ1n) is 8.93.